The molecule has 4 rings (SSSR count). The number of carbonyl (C=O) groups excluding carboxylic acids is 3. The van der Waals surface area contributed by atoms with Gasteiger partial charge in [0.25, 0.3) is 11.8 Å². The molecule has 32 heavy (non-hydrogen) atoms. The summed E-state index contributed by atoms with van der Waals surface area (Å²) in [7, 11) is 0. The van der Waals surface area contributed by atoms with Gasteiger partial charge in [-0.05, 0) is 59.5 Å². The molecule has 3 aromatic rings. The minimum atomic E-state index is -0.782. The zero-order valence-corrected chi connectivity index (χ0v) is 18.6. The number of nitrogens with zero attached hydrogens (tertiary/aromatic N) is 1. The van der Waals surface area contributed by atoms with Crippen LogP contribution in [0.2, 0.25) is 10.0 Å². The number of barbiturate groups is 1. The van der Waals surface area contributed by atoms with Crippen LogP contribution in [0, 0.1) is 6.92 Å². The Labute approximate surface area is 195 Å². The summed E-state index contributed by atoms with van der Waals surface area (Å²) in [5.74, 6) is -1.44. The molecule has 0 bridgehead atoms. The minimum absolute atomic E-state index is 0.152. The molecule has 1 saturated heterocycles. The predicted molar refractivity (Wildman–Crippen MR) is 126 cm³/mol. The van der Waals surface area contributed by atoms with Crippen LogP contribution in [0.3, 0.4) is 0 Å². The van der Waals surface area contributed by atoms with Crippen molar-refractivity contribution in [2.24, 2.45) is 0 Å². The minimum Gasteiger partial charge on any atom is -0.273 e. The highest BCUT2D eigenvalue weighted by Gasteiger charge is 2.36. The molecule has 5 nitrogen and oxygen atoms in total. The second-order valence-electron chi connectivity index (χ2n) is 7.42. The zero-order valence-electron chi connectivity index (χ0n) is 17.1. The molecule has 0 saturated carbocycles. The van der Waals surface area contributed by atoms with Crippen LogP contribution in [0.5, 0.6) is 0 Å². The van der Waals surface area contributed by atoms with Crippen LogP contribution in [-0.4, -0.2) is 17.8 Å². The monoisotopic (exact) mass is 464 g/mol. The van der Waals surface area contributed by atoms with Gasteiger partial charge in [-0.25, -0.2) is 9.69 Å². The topological polar surface area (TPSA) is 66.5 Å². The maximum atomic E-state index is 13.0. The number of nitrogens with one attached hydrogen (secondary N) is 1. The largest absolute Gasteiger partial charge is 0.335 e. The lowest BCUT2D eigenvalue weighted by molar-refractivity contribution is -0.122. The van der Waals surface area contributed by atoms with Gasteiger partial charge < -0.3 is 0 Å². The van der Waals surface area contributed by atoms with Crippen molar-refractivity contribution in [3.8, 4) is 0 Å². The third-order valence-corrected chi connectivity index (χ3v) is 5.81. The van der Waals surface area contributed by atoms with E-state index in [-0.39, 0.29) is 5.57 Å². The van der Waals surface area contributed by atoms with Crippen molar-refractivity contribution < 1.29 is 14.4 Å². The van der Waals surface area contributed by atoms with Gasteiger partial charge in [0.05, 0.1) is 5.69 Å². The highest BCUT2D eigenvalue weighted by atomic mass is 35.5. The highest BCUT2D eigenvalue weighted by Crippen LogP contribution is 2.27. The summed E-state index contributed by atoms with van der Waals surface area (Å²) in [6, 6.07) is 18.9. The van der Waals surface area contributed by atoms with Crippen LogP contribution in [0.15, 0.2) is 72.3 Å². The molecule has 0 spiro atoms. The molecule has 0 radical (unpaired) electrons. The fraction of sp³-hybridized carbons (Fsp3) is 0.0800. The summed E-state index contributed by atoms with van der Waals surface area (Å²) in [4.78, 5) is 38.7. The van der Waals surface area contributed by atoms with E-state index in [1.54, 1.807) is 30.3 Å². The molecule has 1 N–H and O–H groups in total. The van der Waals surface area contributed by atoms with Crippen molar-refractivity contribution in [2.45, 2.75) is 13.3 Å². The fourth-order valence-electron chi connectivity index (χ4n) is 3.47. The Balaban J connectivity index is 1.64. The van der Waals surface area contributed by atoms with Crippen molar-refractivity contribution >= 4 is 52.8 Å². The van der Waals surface area contributed by atoms with E-state index >= 15 is 0 Å². The van der Waals surface area contributed by atoms with E-state index in [1.165, 1.54) is 6.08 Å². The number of urea groups is 1. The molecule has 0 unspecified atom stereocenters. The Bertz CT molecular complexity index is 1280. The van der Waals surface area contributed by atoms with Crippen molar-refractivity contribution in [3.63, 3.8) is 0 Å². The average Bonchev–Trinajstić information content (AvgIpc) is 2.74. The summed E-state index contributed by atoms with van der Waals surface area (Å²) in [6.07, 6.45) is 1.97. The van der Waals surface area contributed by atoms with Crippen LogP contribution in [-0.2, 0) is 16.0 Å². The van der Waals surface area contributed by atoms with Crippen LogP contribution < -0.4 is 10.2 Å². The molecule has 1 aliphatic heterocycles. The van der Waals surface area contributed by atoms with Crippen molar-refractivity contribution in [1.82, 2.24) is 5.32 Å². The molecular weight excluding hydrogens is 447 g/mol. The number of halogens is 2. The van der Waals surface area contributed by atoms with Crippen molar-refractivity contribution in [3.05, 3.63) is 105 Å². The Morgan fingerprint density at radius 2 is 1.62 bits per heavy atom. The number of hydrogen-bond acceptors (Lipinski definition) is 3. The third-order valence-electron chi connectivity index (χ3n) is 5.09. The Morgan fingerprint density at radius 1 is 0.875 bits per heavy atom. The molecule has 0 aliphatic carbocycles. The quantitative estimate of drug-likeness (QED) is 0.405. The third kappa shape index (κ3) is 4.44. The lowest BCUT2D eigenvalue weighted by Gasteiger charge is -2.26. The lowest BCUT2D eigenvalue weighted by Crippen LogP contribution is -2.54. The summed E-state index contributed by atoms with van der Waals surface area (Å²) in [5.41, 5.74) is 3.48. The molecule has 1 heterocycles. The maximum absolute atomic E-state index is 13.0. The molecule has 0 aromatic heterocycles. The number of aryl methyl sites for hydroxylation is 1. The molecule has 4 amide bonds. The first kappa shape index (κ1) is 21.8. The molecule has 1 fully saturated rings. The van der Waals surface area contributed by atoms with E-state index in [1.807, 2.05) is 43.3 Å². The van der Waals surface area contributed by atoms with Crippen molar-refractivity contribution in [2.75, 3.05) is 4.90 Å². The van der Waals surface area contributed by atoms with Gasteiger partial charge in [-0.15, -0.1) is 0 Å². The summed E-state index contributed by atoms with van der Waals surface area (Å²) >= 11 is 12.7. The number of carbonyl (C=O) groups is 3. The van der Waals surface area contributed by atoms with E-state index < -0.39 is 17.8 Å². The van der Waals surface area contributed by atoms with Crippen LogP contribution in [0.1, 0.15) is 22.3 Å². The van der Waals surface area contributed by atoms with Gasteiger partial charge in [-0.1, -0.05) is 65.7 Å². The van der Waals surface area contributed by atoms with Crippen LogP contribution in [0.4, 0.5) is 10.5 Å². The van der Waals surface area contributed by atoms with Gasteiger partial charge in [0.2, 0.25) is 0 Å². The number of hydrogen-bond donors (Lipinski definition) is 1. The fourth-order valence-corrected chi connectivity index (χ4v) is 3.93. The van der Waals surface area contributed by atoms with E-state index in [0.29, 0.717) is 27.7 Å². The molecular formula is C25H18Cl2N2O3. The van der Waals surface area contributed by atoms with Gasteiger partial charge in [0.1, 0.15) is 5.57 Å². The molecule has 7 heteroatoms. The smallest absolute Gasteiger partial charge is 0.273 e. The number of amides is 4. The second-order valence-corrected chi connectivity index (χ2v) is 8.23. The average molecular weight is 465 g/mol. The summed E-state index contributed by atoms with van der Waals surface area (Å²) < 4.78 is 0. The molecule has 1 aliphatic rings. The van der Waals surface area contributed by atoms with Gasteiger partial charge in [-0.3, -0.25) is 14.9 Å². The van der Waals surface area contributed by atoms with Gasteiger partial charge in [0, 0.05) is 16.5 Å². The van der Waals surface area contributed by atoms with Gasteiger partial charge in [-0.2, -0.15) is 0 Å². The van der Waals surface area contributed by atoms with E-state index in [0.717, 1.165) is 21.6 Å². The molecule has 160 valence electrons. The number of rotatable bonds is 4. The first-order valence-electron chi connectivity index (χ1n) is 9.83. The normalized spacial score (nSPS) is 15.3. The first-order chi connectivity index (χ1) is 15.3. The maximum Gasteiger partial charge on any atom is 0.335 e. The Morgan fingerprint density at radius 3 is 2.34 bits per heavy atom. The second kappa shape index (κ2) is 8.99. The SMILES string of the molecule is Cc1cccc(N2C(=O)NC(=O)/C(=C\c3ccc(Cc4ccccc4Cl)c(Cl)c3)C2=O)c1. The Kier molecular flexibility index (Phi) is 6.12. The lowest BCUT2D eigenvalue weighted by atomic mass is 10.0. The molecule has 3 aromatic carbocycles. The van der Waals surface area contributed by atoms with Gasteiger partial charge in [0.15, 0.2) is 0 Å². The van der Waals surface area contributed by atoms with E-state index in [2.05, 4.69) is 5.32 Å². The van der Waals surface area contributed by atoms with E-state index in [9.17, 15) is 14.4 Å². The van der Waals surface area contributed by atoms with Gasteiger partial charge >= 0.3 is 6.03 Å². The summed E-state index contributed by atoms with van der Waals surface area (Å²) in [5, 5.41) is 3.36. The zero-order chi connectivity index (χ0) is 22.8. The highest BCUT2D eigenvalue weighted by molar-refractivity contribution is 6.39. The van der Waals surface area contributed by atoms with Crippen LogP contribution >= 0.6 is 23.2 Å². The Hall–Kier alpha value is -3.41. The summed E-state index contributed by atoms with van der Waals surface area (Å²) in [6.45, 7) is 1.85. The number of benzene rings is 3. The van der Waals surface area contributed by atoms with Crippen molar-refractivity contribution in [1.29, 1.82) is 0 Å². The number of imide groups is 2. The standard InChI is InChI=1S/C25H18Cl2N2O3/c1-15-5-4-7-19(11-15)29-24(31)20(23(30)28-25(29)32)12-16-9-10-18(22(27)13-16)14-17-6-2-3-8-21(17)26/h2-13H,14H2,1H3,(H,28,30,32)/b20-12+. The van der Waals surface area contributed by atoms with Crippen LogP contribution in [0.25, 0.3) is 6.08 Å². The number of anilines is 1. The van der Waals surface area contributed by atoms with E-state index in [4.69, 9.17) is 23.2 Å². The molecule has 0 atom stereocenters. The first-order valence-corrected chi connectivity index (χ1v) is 10.6. The predicted octanol–water partition coefficient (Wildman–Crippen LogP) is 5.56.